The van der Waals surface area contributed by atoms with E-state index in [-0.39, 0.29) is 142 Å². The number of carboxylic acid groups (broad SMARTS) is 1. The molecule has 0 radical (unpaired) electrons. The Morgan fingerprint density at radius 3 is 1.91 bits per heavy atom. The van der Waals surface area contributed by atoms with Crippen molar-refractivity contribution in [1.29, 1.82) is 0 Å². The standard InChI is InChI=1S/C104H148FN13O20.CH3/c1-71-96(127)109-84(43-40-81(121)49-58-136-60-61-137-59-57-118(4,5)56-26-31-80(120)30-21-17-15-13-11-9-7-8-10-12-14-16-18-22-32-93(125)126)97(128)110-85-64-76-28-25-29-77(62-76)67-107-91(123)70-138-89-48-55-116-95(89)100(131)113-94(72(2)119)99(130)112-86(63-74-37-41-82(135-6)42-38-74)102(133)117-54-27-50-104(117,3)103(134)106-51-47-73-33-35-75(36-34-73)68-115(92(124)46-45-90(122)108-71)53-24-20-19-23-52-114-69-78(65-87(101(116)132)111-98(85)129)83-66-79(105)39-44-88(83)114;/h25,28-29,33-39,41-42,44,62,66,69,71-72,84-87,89,94-95,119H,7-24,26-27,30-32,40,43,45-61,63-65,67-68,70H2,1-6H3,(H8-,106,107,108,109,110,111,112,113,122,123,125,126,127,128,129,130,131,134);1H3/q;-1/p+1/t71-,72+,84+,85-,86-,87-,89-,94-,95-,104-;/m0./s1. The first-order chi connectivity index (χ1) is 66.3. The van der Waals surface area contributed by atoms with Gasteiger partial charge in [0.05, 0.1) is 66.4 Å². The Morgan fingerprint density at radius 2 is 1.22 bits per heavy atom. The second kappa shape index (κ2) is 57.0. The number of ketones is 2. The highest BCUT2D eigenvalue weighted by atomic mass is 19.1. The lowest BCUT2D eigenvalue weighted by Gasteiger charge is -2.37. The Hall–Kier alpha value is -11.1. The van der Waals surface area contributed by atoms with Crippen molar-refractivity contribution in [2.24, 2.45) is 0 Å². The second-order valence-corrected chi connectivity index (χ2v) is 38.8. The molecule has 2 fully saturated rings. The molecule has 10 atom stereocenters. The lowest BCUT2D eigenvalue weighted by molar-refractivity contribution is -0.890. The zero-order valence-electron chi connectivity index (χ0n) is 82.7. The van der Waals surface area contributed by atoms with Crippen LogP contribution in [-0.2, 0) is 127 Å². The molecule has 4 aromatic carbocycles. The quantitative estimate of drug-likeness (QED) is 0.0101. The maximum atomic E-state index is 16.4. The van der Waals surface area contributed by atoms with Gasteiger partial charge in [0.2, 0.25) is 65.0 Å². The van der Waals surface area contributed by atoms with Gasteiger partial charge in [0.15, 0.2) is 0 Å². The number of amides is 11. The summed E-state index contributed by atoms with van der Waals surface area (Å²) < 4.78 is 42.1. The average molecular weight is 1940 g/mol. The van der Waals surface area contributed by atoms with Crippen LogP contribution in [0.4, 0.5) is 4.39 Å². The number of hydrogen-bond donors (Lipinski definition) is 10. The van der Waals surface area contributed by atoms with E-state index in [2.05, 4.69) is 56.6 Å². The van der Waals surface area contributed by atoms with Gasteiger partial charge in [-0.1, -0.05) is 151 Å². The van der Waals surface area contributed by atoms with E-state index in [1.807, 2.05) is 28.8 Å². The molecule has 11 rings (SSSR count). The first kappa shape index (κ1) is 112. The van der Waals surface area contributed by atoms with Crippen LogP contribution < -0.4 is 47.3 Å². The van der Waals surface area contributed by atoms with Crippen LogP contribution in [0.2, 0.25) is 0 Å². The Balaban J connectivity index is 0.0000216. The molecule has 1 aromatic heterocycles. The van der Waals surface area contributed by atoms with Gasteiger partial charge in [-0.15, -0.1) is 0 Å². The molecule has 6 aliphatic heterocycles. The summed E-state index contributed by atoms with van der Waals surface area (Å²) in [5, 5.41) is 43.4. The van der Waals surface area contributed by atoms with Gasteiger partial charge in [0.1, 0.15) is 84.1 Å². The summed E-state index contributed by atoms with van der Waals surface area (Å²) in [6.45, 7) is 6.66. The van der Waals surface area contributed by atoms with Crippen molar-refractivity contribution in [2.45, 2.75) is 319 Å². The van der Waals surface area contributed by atoms with Gasteiger partial charge in [-0.25, -0.2) is 4.39 Å². The number of rotatable bonds is 37. The van der Waals surface area contributed by atoms with E-state index >= 15 is 33.2 Å². The molecule has 11 amide bonds. The molecule has 10 N–H and O–H groups in total. The molecule has 7 heterocycles. The molecular weight excluding hydrogens is 1780 g/mol. The number of unbranched alkanes of at least 4 members (excludes halogenated alkanes) is 13. The molecule has 139 heavy (non-hydrogen) atoms. The number of benzene rings is 4. The van der Waals surface area contributed by atoms with Gasteiger partial charge in [-0.2, -0.15) is 0 Å². The lowest BCUT2D eigenvalue weighted by Crippen LogP contribution is -2.64. The Labute approximate surface area is 818 Å². The summed E-state index contributed by atoms with van der Waals surface area (Å²) in [7, 11) is 5.68. The number of fused-ring (bicyclic) bond motifs is 16. The third-order valence-corrected chi connectivity index (χ3v) is 27.3. The Bertz CT molecular complexity index is 4890. The molecular formula is C105H152FN13O20. The van der Waals surface area contributed by atoms with E-state index < -0.39 is 144 Å². The number of likely N-dealkylation sites (N-methyl/N-ethyl adjacent to an activating group) is 1. The van der Waals surface area contributed by atoms with Crippen molar-refractivity contribution in [3.05, 3.63) is 144 Å². The van der Waals surface area contributed by atoms with Gasteiger partial charge in [0.25, 0.3) is 0 Å². The fourth-order valence-corrected chi connectivity index (χ4v) is 18.9. The summed E-state index contributed by atoms with van der Waals surface area (Å²) in [6, 6.07) is 13.9. The number of methoxy groups -OCH3 is 1. The zero-order valence-corrected chi connectivity index (χ0v) is 82.7. The monoisotopic (exact) mass is 1930 g/mol. The van der Waals surface area contributed by atoms with Crippen LogP contribution in [0.5, 0.6) is 5.75 Å². The number of hydrogen-bond acceptors (Lipinski definition) is 19. The van der Waals surface area contributed by atoms with Gasteiger partial charge in [-0.05, 0) is 142 Å². The van der Waals surface area contributed by atoms with Crippen molar-refractivity contribution in [3.63, 3.8) is 0 Å². The highest BCUT2D eigenvalue weighted by molar-refractivity contribution is 6.00. The minimum absolute atomic E-state index is 0. The number of aliphatic hydroxyl groups is 1. The van der Waals surface area contributed by atoms with Crippen molar-refractivity contribution >= 4 is 93.4 Å². The van der Waals surface area contributed by atoms with E-state index in [9.17, 15) is 43.5 Å². The zero-order chi connectivity index (χ0) is 99.1. The molecule has 6 aliphatic rings. The SMILES string of the molecule is COc1ccc(C[C@@H]2NC(=O)[C@H]([C@@H](C)O)NC(=O)[C@@H]3[C@@H]4CCN3C(=O)[C@@H]3Cc5cn(c6ccc(F)cc56)CCCCCCN(Cc5ccc(cc5)CCNC(=O)[C@]5(C)CCCN5C2=O)C(=O)CCC(=O)N[C@@H](C)C(=O)N[C@H](CCC(=O)CCOCCOCC[N+](C)(C)CCCC(=O)CCCCCCCCCCCCCCCCC(=O)O)C(=O)N[C@@H](Cc2cccc(c2)CNC(=O)CO4)C(=O)N3)cc1.[CH3-]. The number of aliphatic hydroxyl groups excluding tert-OH is 1. The van der Waals surface area contributed by atoms with Crippen molar-refractivity contribution in [2.75, 3.05) is 93.5 Å². The molecule has 2 saturated heterocycles. The molecule has 0 unspecified atom stereocenters. The number of aliphatic carboxylic acids is 1. The highest BCUT2D eigenvalue weighted by Crippen LogP contribution is 2.33. The van der Waals surface area contributed by atoms with Crippen molar-refractivity contribution in [3.8, 4) is 5.75 Å². The third kappa shape index (κ3) is 35.9. The van der Waals surface area contributed by atoms with Crippen LogP contribution >= 0.6 is 0 Å². The fourth-order valence-electron chi connectivity index (χ4n) is 18.9. The fraction of sp³-hybridized carbons (Fsp3) is 0.610. The number of quaternary nitrogens is 1. The minimum atomic E-state index is -1.87. The van der Waals surface area contributed by atoms with E-state index in [1.54, 1.807) is 72.6 Å². The van der Waals surface area contributed by atoms with Crippen molar-refractivity contribution in [1.82, 2.24) is 61.8 Å². The number of aryl methyl sites for hydroxylation is 1. The van der Waals surface area contributed by atoms with E-state index in [0.717, 1.165) is 67.5 Å². The average Bonchev–Trinajstić information content (AvgIpc) is 1.63. The van der Waals surface area contributed by atoms with Crippen LogP contribution in [0.25, 0.3) is 10.9 Å². The maximum absolute atomic E-state index is 16.4. The molecule has 0 spiro atoms. The number of halogens is 1. The van der Waals surface area contributed by atoms with Crippen LogP contribution in [0.15, 0.2) is 97.2 Å². The first-order valence-electron chi connectivity index (χ1n) is 50.2. The second-order valence-electron chi connectivity index (χ2n) is 38.8. The smallest absolute Gasteiger partial charge is 0.303 e. The van der Waals surface area contributed by atoms with Gasteiger partial charge >= 0.3 is 5.97 Å². The molecule has 0 saturated carbocycles. The van der Waals surface area contributed by atoms with Gasteiger partial charge in [-0.3, -0.25) is 67.1 Å². The number of nitrogens with one attached hydrogen (secondary N) is 8. The Morgan fingerprint density at radius 1 is 0.576 bits per heavy atom. The predicted octanol–water partition coefficient (Wildman–Crippen LogP) is 9.15. The minimum Gasteiger partial charge on any atom is -0.497 e. The predicted molar refractivity (Wildman–Crippen MR) is 523 cm³/mol. The van der Waals surface area contributed by atoms with E-state index in [1.165, 1.54) is 89.4 Å². The summed E-state index contributed by atoms with van der Waals surface area (Å²) in [5.41, 5.74) is 2.67. The van der Waals surface area contributed by atoms with Gasteiger partial charge in [0, 0.05) is 134 Å². The number of carbonyl (C=O) groups is 14. The largest absolute Gasteiger partial charge is 0.497 e. The number of nitrogens with zero attached hydrogens (tertiary/aromatic N) is 5. The molecule has 34 heteroatoms. The topological polar surface area (TPSA) is 427 Å². The summed E-state index contributed by atoms with van der Waals surface area (Å²) in [6.07, 6.45) is 17.8. The number of Topliss-reactive ketones (excluding diaryl/α,β-unsaturated/α-hetero) is 2. The number of ether oxygens (including phenoxy) is 4. The summed E-state index contributed by atoms with van der Waals surface area (Å²) >= 11 is 0. The van der Waals surface area contributed by atoms with Crippen LogP contribution in [0, 0.1) is 13.2 Å². The molecule has 33 nitrogen and oxygen atoms in total. The normalized spacial score (nSPS) is 22.3. The van der Waals surface area contributed by atoms with Crippen molar-refractivity contribution < 1.29 is 105 Å². The maximum Gasteiger partial charge on any atom is 0.303 e. The first-order valence-corrected chi connectivity index (χ1v) is 50.2. The Kier molecular flexibility index (Phi) is 45.7. The van der Waals surface area contributed by atoms with Crippen LogP contribution in [0.3, 0.4) is 0 Å². The number of carboxylic acids is 1. The molecule has 764 valence electrons. The molecule has 5 aromatic rings. The van der Waals surface area contributed by atoms with Crippen LogP contribution in [-0.4, -0.2) is 270 Å². The van der Waals surface area contributed by atoms with Crippen LogP contribution in [0.1, 0.15) is 247 Å². The highest BCUT2D eigenvalue weighted by Gasteiger charge is 2.50. The molecule has 12 bridgehead atoms. The number of aromatic nitrogens is 1. The van der Waals surface area contributed by atoms with E-state index in [4.69, 9.17) is 24.1 Å². The van der Waals surface area contributed by atoms with Gasteiger partial charge < -0.3 is 103 Å². The lowest BCUT2D eigenvalue weighted by atomic mass is 9.95. The van der Waals surface area contributed by atoms with E-state index in [0.29, 0.717) is 121 Å². The summed E-state index contributed by atoms with van der Waals surface area (Å²) in [4.78, 5) is 208. The molecule has 0 aliphatic carbocycles. The third-order valence-electron chi connectivity index (χ3n) is 27.3. The summed E-state index contributed by atoms with van der Waals surface area (Å²) in [5.74, 6) is -9.47. The number of carbonyl (C=O) groups excluding carboxylic acids is 13.